The fraction of sp³-hybridized carbons (Fsp3) is 0.769. The van der Waals surface area contributed by atoms with E-state index in [9.17, 15) is 0 Å². The van der Waals surface area contributed by atoms with Gasteiger partial charge in [-0.25, -0.2) is 4.98 Å². The minimum Gasteiger partial charge on any atom is -0.322 e. The van der Waals surface area contributed by atoms with E-state index in [1.807, 2.05) is 11.6 Å². The standard InChI is InChI=1S/C13H22ClN3/c1-10(2)7-13(5-4-6-16-13)8-12-15-9-11(14)17(12)3/h9-10,16H,4-8H2,1-3H3. The fourth-order valence-corrected chi connectivity index (χ4v) is 3.08. The molecule has 1 N–H and O–H groups in total. The first kappa shape index (κ1) is 12.9. The van der Waals surface area contributed by atoms with Gasteiger partial charge in [-0.05, 0) is 31.7 Å². The van der Waals surface area contributed by atoms with Gasteiger partial charge in [0.1, 0.15) is 11.0 Å². The van der Waals surface area contributed by atoms with Crippen LogP contribution in [0.2, 0.25) is 5.15 Å². The molecular formula is C13H22ClN3. The molecule has 1 aromatic rings. The Morgan fingerprint density at radius 2 is 2.35 bits per heavy atom. The highest BCUT2D eigenvalue weighted by atomic mass is 35.5. The maximum absolute atomic E-state index is 6.05. The summed E-state index contributed by atoms with van der Waals surface area (Å²) in [5, 5.41) is 4.41. The van der Waals surface area contributed by atoms with Crippen LogP contribution in [0.5, 0.6) is 0 Å². The van der Waals surface area contributed by atoms with E-state index in [0.717, 1.165) is 23.9 Å². The Labute approximate surface area is 109 Å². The molecule has 3 nitrogen and oxygen atoms in total. The third-order valence-electron chi connectivity index (χ3n) is 3.66. The molecule has 0 spiro atoms. The number of hydrogen-bond donors (Lipinski definition) is 1. The lowest BCUT2D eigenvalue weighted by Gasteiger charge is -2.31. The normalized spacial score (nSPS) is 24.8. The van der Waals surface area contributed by atoms with Gasteiger partial charge >= 0.3 is 0 Å². The SMILES string of the molecule is CC(C)CC1(Cc2ncc(Cl)n2C)CCCN1. The third-order valence-corrected chi connectivity index (χ3v) is 4.01. The number of rotatable bonds is 4. The van der Waals surface area contributed by atoms with E-state index in [1.165, 1.54) is 19.3 Å². The molecule has 0 aliphatic carbocycles. The molecule has 0 aromatic carbocycles. The quantitative estimate of drug-likeness (QED) is 0.897. The predicted molar refractivity (Wildman–Crippen MR) is 71.3 cm³/mol. The van der Waals surface area contributed by atoms with Crippen LogP contribution in [-0.2, 0) is 13.5 Å². The van der Waals surface area contributed by atoms with Gasteiger partial charge in [0, 0.05) is 19.0 Å². The Morgan fingerprint density at radius 1 is 1.59 bits per heavy atom. The van der Waals surface area contributed by atoms with E-state index in [4.69, 9.17) is 11.6 Å². The number of hydrogen-bond acceptors (Lipinski definition) is 2. The Morgan fingerprint density at radius 3 is 2.82 bits per heavy atom. The Balaban J connectivity index is 2.15. The second kappa shape index (κ2) is 4.99. The van der Waals surface area contributed by atoms with Crippen LogP contribution in [0.4, 0.5) is 0 Å². The summed E-state index contributed by atoms with van der Waals surface area (Å²) in [7, 11) is 1.99. The van der Waals surface area contributed by atoms with Gasteiger partial charge in [-0.2, -0.15) is 0 Å². The molecule has 17 heavy (non-hydrogen) atoms. The zero-order valence-electron chi connectivity index (χ0n) is 11.0. The first-order valence-electron chi connectivity index (χ1n) is 6.43. The highest BCUT2D eigenvalue weighted by molar-refractivity contribution is 6.29. The molecule has 2 rings (SSSR count). The summed E-state index contributed by atoms with van der Waals surface area (Å²) >= 11 is 6.05. The highest BCUT2D eigenvalue weighted by Crippen LogP contribution is 2.30. The van der Waals surface area contributed by atoms with E-state index in [0.29, 0.717) is 5.92 Å². The maximum Gasteiger partial charge on any atom is 0.128 e. The lowest BCUT2D eigenvalue weighted by atomic mass is 9.84. The summed E-state index contributed by atoms with van der Waals surface area (Å²) in [6, 6.07) is 0. The smallest absolute Gasteiger partial charge is 0.128 e. The maximum atomic E-state index is 6.05. The molecule has 1 aliphatic rings. The van der Waals surface area contributed by atoms with E-state index in [-0.39, 0.29) is 5.54 Å². The number of nitrogens with zero attached hydrogens (tertiary/aromatic N) is 2. The molecular weight excluding hydrogens is 234 g/mol. The van der Waals surface area contributed by atoms with Crippen molar-refractivity contribution in [3.8, 4) is 0 Å². The van der Waals surface area contributed by atoms with Crippen molar-refractivity contribution in [3.63, 3.8) is 0 Å². The second-order valence-electron chi connectivity index (χ2n) is 5.64. The average molecular weight is 256 g/mol. The molecule has 1 saturated heterocycles. The second-order valence-corrected chi connectivity index (χ2v) is 6.03. The lowest BCUT2D eigenvalue weighted by molar-refractivity contribution is 0.294. The van der Waals surface area contributed by atoms with Gasteiger partial charge in [0.25, 0.3) is 0 Å². The van der Waals surface area contributed by atoms with Crippen LogP contribution >= 0.6 is 11.6 Å². The van der Waals surface area contributed by atoms with Crippen molar-refractivity contribution in [1.29, 1.82) is 0 Å². The van der Waals surface area contributed by atoms with Crippen LogP contribution in [0.15, 0.2) is 6.20 Å². The van der Waals surface area contributed by atoms with E-state index in [1.54, 1.807) is 6.20 Å². The molecule has 4 heteroatoms. The van der Waals surface area contributed by atoms with Gasteiger partial charge < -0.3 is 9.88 Å². The number of aromatic nitrogens is 2. The Kier molecular flexibility index (Phi) is 3.79. The molecule has 1 aliphatic heterocycles. The molecule has 1 aromatic heterocycles. The summed E-state index contributed by atoms with van der Waals surface area (Å²) in [6.45, 7) is 5.70. The van der Waals surface area contributed by atoms with Crippen LogP contribution in [-0.4, -0.2) is 21.6 Å². The summed E-state index contributed by atoms with van der Waals surface area (Å²) in [6.07, 6.45) is 6.45. The van der Waals surface area contributed by atoms with Gasteiger partial charge in [-0.3, -0.25) is 0 Å². The zero-order valence-corrected chi connectivity index (χ0v) is 11.7. The van der Waals surface area contributed by atoms with Crippen molar-refractivity contribution in [1.82, 2.24) is 14.9 Å². The fourth-order valence-electron chi connectivity index (χ4n) is 2.94. The van der Waals surface area contributed by atoms with Crippen molar-refractivity contribution < 1.29 is 0 Å². The predicted octanol–water partition coefficient (Wildman–Crippen LogP) is 2.78. The van der Waals surface area contributed by atoms with Crippen LogP contribution < -0.4 is 5.32 Å². The van der Waals surface area contributed by atoms with Crippen molar-refractivity contribution >= 4 is 11.6 Å². The molecule has 0 bridgehead atoms. The van der Waals surface area contributed by atoms with Crippen molar-refractivity contribution in [2.45, 2.75) is 45.1 Å². The van der Waals surface area contributed by atoms with E-state index in [2.05, 4.69) is 24.1 Å². The Hall–Kier alpha value is -0.540. The minimum absolute atomic E-state index is 0.233. The monoisotopic (exact) mass is 255 g/mol. The van der Waals surface area contributed by atoms with Gasteiger partial charge in [-0.1, -0.05) is 25.4 Å². The molecule has 0 saturated carbocycles. The van der Waals surface area contributed by atoms with Gasteiger partial charge in [0.2, 0.25) is 0 Å². The van der Waals surface area contributed by atoms with Crippen LogP contribution in [0.25, 0.3) is 0 Å². The first-order valence-corrected chi connectivity index (χ1v) is 6.81. The van der Waals surface area contributed by atoms with Crippen molar-refractivity contribution in [2.24, 2.45) is 13.0 Å². The molecule has 0 radical (unpaired) electrons. The van der Waals surface area contributed by atoms with Crippen LogP contribution in [0, 0.1) is 5.92 Å². The molecule has 1 unspecified atom stereocenters. The van der Waals surface area contributed by atoms with Gasteiger partial charge in [0.05, 0.1) is 6.20 Å². The van der Waals surface area contributed by atoms with Gasteiger partial charge in [-0.15, -0.1) is 0 Å². The molecule has 0 amide bonds. The molecule has 96 valence electrons. The van der Waals surface area contributed by atoms with E-state index >= 15 is 0 Å². The largest absolute Gasteiger partial charge is 0.322 e. The van der Waals surface area contributed by atoms with E-state index < -0.39 is 0 Å². The van der Waals surface area contributed by atoms with Crippen molar-refractivity contribution in [3.05, 3.63) is 17.2 Å². The zero-order chi connectivity index (χ0) is 12.5. The molecule has 1 fully saturated rings. The average Bonchev–Trinajstić information content (AvgIpc) is 2.80. The molecule has 2 heterocycles. The summed E-state index contributed by atoms with van der Waals surface area (Å²) in [5.74, 6) is 1.79. The topological polar surface area (TPSA) is 29.9 Å². The number of halogens is 1. The minimum atomic E-state index is 0.233. The third kappa shape index (κ3) is 2.83. The molecule has 1 atom stereocenters. The van der Waals surface area contributed by atoms with Crippen LogP contribution in [0.3, 0.4) is 0 Å². The number of nitrogens with one attached hydrogen (secondary N) is 1. The Bertz CT molecular complexity index is 378. The van der Waals surface area contributed by atoms with Crippen molar-refractivity contribution in [2.75, 3.05) is 6.54 Å². The van der Waals surface area contributed by atoms with Crippen LogP contribution in [0.1, 0.15) is 38.9 Å². The number of imidazole rings is 1. The summed E-state index contributed by atoms with van der Waals surface area (Å²) in [5.41, 5.74) is 0.233. The first-order chi connectivity index (χ1) is 8.02. The van der Waals surface area contributed by atoms with Gasteiger partial charge in [0.15, 0.2) is 0 Å². The highest BCUT2D eigenvalue weighted by Gasteiger charge is 2.35. The summed E-state index contributed by atoms with van der Waals surface area (Å²) < 4.78 is 1.99. The lowest BCUT2D eigenvalue weighted by Crippen LogP contribution is -2.43. The summed E-state index contributed by atoms with van der Waals surface area (Å²) in [4.78, 5) is 4.42.